The summed E-state index contributed by atoms with van der Waals surface area (Å²) >= 11 is 1.89. The van der Waals surface area contributed by atoms with Crippen molar-refractivity contribution < 1.29 is 0 Å². The van der Waals surface area contributed by atoms with Crippen LogP contribution in [0, 0.1) is 0 Å². The van der Waals surface area contributed by atoms with Crippen molar-refractivity contribution in [3.8, 4) is 22.3 Å². The van der Waals surface area contributed by atoms with Crippen molar-refractivity contribution in [1.82, 2.24) is 0 Å². The molecule has 0 N–H and O–H groups in total. The number of benzene rings is 7. The van der Waals surface area contributed by atoms with Crippen LogP contribution in [0.15, 0.2) is 152 Å². The molecule has 1 nitrogen and oxygen atoms in total. The summed E-state index contributed by atoms with van der Waals surface area (Å²) in [5, 5.41) is 5.21. The molecule has 1 aliphatic carbocycles. The van der Waals surface area contributed by atoms with E-state index in [2.05, 4.69) is 170 Å². The summed E-state index contributed by atoms with van der Waals surface area (Å²) in [6.07, 6.45) is 0. The predicted octanol–water partition coefficient (Wildman–Crippen LogP) is 12.7. The lowest BCUT2D eigenvalue weighted by atomic mass is 9.80. The summed E-state index contributed by atoms with van der Waals surface area (Å²) in [5.41, 5.74) is 11.3. The number of rotatable bonds is 4. The van der Waals surface area contributed by atoms with E-state index in [9.17, 15) is 0 Å². The molecule has 0 unspecified atom stereocenters. The van der Waals surface area contributed by atoms with Crippen LogP contribution in [0.5, 0.6) is 0 Å². The molecule has 0 saturated heterocycles. The molecular weight excluding hydrogens is 563 g/mol. The molecule has 9 rings (SSSR count). The predicted molar refractivity (Wildman–Crippen MR) is 195 cm³/mol. The van der Waals surface area contributed by atoms with Gasteiger partial charge in [0.1, 0.15) is 0 Å². The van der Waals surface area contributed by atoms with E-state index in [-0.39, 0.29) is 5.41 Å². The molecule has 0 atom stereocenters. The largest absolute Gasteiger partial charge is 0.308 e. The quantitative estimate of drug-likeness (QED) is 0.196. The van der Waals surface area contributed by atoms with Gasteiger partial charge < -0.3 is 4.90 Å². The van der Waals surface area contributed by atoms with Crippen molar-refractivity contribution in [2.75, 3.05) is 4.90 Å². The molecule has 0 aliphatic heterocycles. The first kappa shape index (κ1) is 26.2. The van der Waals surface area contributed by atoms with Crippen molar-refractivity contribution in [1.29, 1.82) is 0 Å². The zero-order chi connectivity index (χ0) is 30.1. The van der Waals surface area contributed by atoms with Crippen LogP contribution < -0.4 is 4.90 Å². The van der Waals surface area contributed by atoms with E-state index in [4.69, 9.17) is 0 Å². The molecule has 0 fully saturated rings. The lowest BCUT2D eigenvalue weighted by Crippen LogP contribution is -2.17. The summed E-state index contributed by atoms with van der Waals surface area (Å²) in [7, 11) is 0. The summed E-state index contributed by atoms with van der Waals surface area (Å²) in [5.74, 6) is 0. The molecule has 7 aromatic carbocycles. The standard InChI is InChI=1S/C43H31NS/c1-43(2)36-23-10-8-21-35(36)40-38(27-30-16-6-7-19-32(30)41(40)43)44(31-18-12-17-29(26-31)28-14-4-3-5-15-28)37-24-13-22-34-33-20-9-11-25-39(33)45-42(34)37/h3-27H,1-2H3. The SMILES string of the molecule is CC1(C)c2ccccc2-c2c(N(c3cccc(-c4ccccc4)c3)c3cccc4c3sc3ccccc34)cc3ccccc3c21. The Morgan fingerprint density at radius 2 is 1.22 bits per heavy atom. The van der Waals surface area contributed by atoms with Gasteiger partial charge in [0.05, 0.1) is 16.1 Å². The minimum atomic E-state index is -0.136. The molecule has 0 amide bonds. The van der Waals surface area contributed by atoms with E-state index in [1.54, 1.807) is 0 Å². The molecule has 2 heteroatoms. The highest BCUT2D eigenvalue weighted by Crippen LogP contribution is 2.57. The van der Waals surface area contributed by atoms with E-state index < -0.39 is 0 Å². The zero-order valence-electron chi connectivity index (χ0n) is 25.3. The lowest BCUT2D eigenvalue weighted by Gasteiger charge is -2.30. The Balaban J connectivity index is 1.42. The molecule has 0 saturated carbocycles. The van der Waals surface area contributed by atoms with Gasteiger partial charge in [0.15, 0.2) is 0 Å². The van der Waals surface area contributed by atoms with Crippen molar-refractivity contribution in [3.63, 3.8) is 0 Å². The smallest absolute Gasteiger partial charge is 0.0640 e. The number of nitrogens with zero attached hydrogens (tertiary/aromatic N) is 1. The topological polar surface area (TPSA) is 3.24 Å². The first-order chi connectivity index (χ1) is 22.1. The van der Waals surface area contributed by atoms with Gasteiger partial charge in [-0.25, -0.2) is 0 Å². The van der Waals surface area contributed by atoms with Crippen molar-refractivity contribution in [2.45, 2.75) is 19.3 Å². The van der Waals surface area contributed by atoms with Crippen LogP contribution in [0.25, 0.3) is 53.2 Å². The van der Waals surface area contributed by atoms with Gasteiger partial charge in [-0.05, 0) is 68.9 Å². The van der Waals surface area contributed by atoms with Gasteiger partial charge in [-0.2, -0.15) is 0 Å². The number of anilines is 3. The Kier molecular flexibility index (Phi) is 5.78. The summed E-state index contributed by atoms with van der Waals surface area (Å²) in [6, 6.07) is 55.7. The van der Waals surface area contributed by atoms with Crippen molar-refractivity contribution >= 4 is 59.3 Å². The third kappa shape index (κ3) is 3.92. The fourth-order valence-corrected chi connectivity index (χ4v) is 8.79. The Hall–Kier alpha value is -5.18. The minimum absolute atomic E-state index is 0.136. The third-order valence-electron chi connectivity index (χ3n) is 9.60. The van der Waals surface area contributed by atoms with Gasteiger partial charge in [-0.3, -0.25) is 0 Å². The molecular formula is C43H31NS. The molecule has 0 bridgehead atoms. The van der Waals surface area contributed by atoms with E-state index in [1.807, 2.05) is 11.3 Å². The highest BCUT2D eigenvalue weighted by atomic mass is 32.1. The fraction of sp³-hybridized carbons (Fsp3) is 0.0698. The highest BCUT2D eigenvalue weighted by molar-refractivity contribution is 7.26. The van der Waals surface area contributed by atoms with Crippen LogP contribution in [-0.2, 0) is 5.41 Å². The van der Waals surface area contributed by atoms with Crippen LogP contribution in [0.2, 0.25) is 0 Å². The molecule has 45 heavy (non-hydrogen) atoms. The second kappa shape index (κ2) is 9.92. The first-order valence-corrected chi connectivity index (χ1v) is 16.4. The second-order valence-electron chi connectivity index (χ2n) is 12.5. The van der Waals surface area contributed by atoms with Crippen LogP contribution in [-0.4, -0.2) is 0 Å². The Bertz CT molecular complexity index is 2410. The second-order valence-corrected chi connectivity index (χ2v) is 13.6. The Morgan fingerprint density at radius 3 is 2.11 bits per heavy atom. The van der Waals surface area contributed by atoms with Crippen molar-refractivity contribution in [3.05, 3.63) is 163 Å². The molecule has 1 aliphatic rings. The normalized spacial score (nSPS) is 13.3. The van der Waals surface area contributed by atoms with Gasteiger partial charge in [0.2, 0.25) is 0 Å². The summed E-state index contributed by atoms with van der Waals surface area (Å²) < 4.78 is 2.62. The summed E-state index contributed by atoms with van der Waals surface area (Å²) in [6.45, 7) is 4.78. The number of thiophene rings is 1. The van der Waals surface area contributed by atoms with E-state index >= 15 is 0 Å². The molecule has 0 radical (unpaired) electrons. The third-order valence-corrected chi connectivity index (χ3v) is 10.8. The van der Waals surface area contributed by atoms with Gasteiger partial charge in [-0.1, -0.05) is 135 Å². The average Bonchev–Trinajstić information content (AvgIpc) is 3.59. The van der Waals surface area contributed by atoms with E-state index in [1.165, 1.54) is 75.7 Å². The Morgan fingerprint density at radius 1 is 0.533 bits per heavy atom. The van der Waals surface area contributed by atoms with Crippen LogP contribution >= 0.6 is 11.3 Å². The van der Waals surface area contributed by atoms with Gasteiger partial charge >= 0.3 is 0 Å². The maximum absolute atomic E-state index is 2.54. The van der Waals surface area contributed by atoms with Gasteiger partial charge in [0, 0.05) is 32.1 Å². The lowest BCUT2D eigenvalue weighted by molar-refractivity contribution is 0.666. The summed E-state index contributed by atoms with van der Waals surface area (Å²) in [4.78, 5) is 2.54. The zero-order valence-corrected chi connectivity index (χ0v) is 26.1. The molecule has 0 spiro atoms. The van der Waals surface area contributed by atoms with Crippen LogP contribution in [0.4, 0.5) is 17.1 Å². The van der Waals surface area contributed by atoms with Crippen molar-refractivity contribution in [2.24, 2.45) is 0 Å². The average molecular weight is 594 g/mol. The number of fused-ring (bicyclic) bond motifs is 8. The molecule has 1 heterocycles. The van der Waals surface area contributed by atoms with Crippen LogP contribution in [0.3, 0.4) is 0 Å². The maximum atomic E-state index is 2.54. The van der Waals surface area contributed by atoms with Gasteiger partial charge in [-0.15, -0.1) is 11.3 Å². The molecule has 8 aromatic rings. The number of hydrogen-bond acceptors (Lipinski definition) is 2. The maximum Gasteiger partial charge on any atom is 0.0640 e. The first-order valence-electron chi connectivity index (χ1n) is 15.6. The van der Waals surface area contributed by atoms with Crippen LogP contribution in [0.1, 0.15) is 25.0 Å². The van der Waals surface area contributed by atoms with Gasteiger partial charge in [0.25, 0.3) is 0 Å². The fourth-order valence-electron chi connectivity index (χ4n) is 7.58. The number of hydrogen-bond donors (Lipinski definition) is 0. The Labute approximate surface area is 267 Å². The van der Waals surface area contributed by atoms with E-state index in [0.29, 0.717) is 0 Å². The molecule has 214 valence electrons. The minimum Gasteiger partial charge on any atom is -0.308 e. The monoisotopic (exact) mass is 593 g/mol. The highest BCUT2D eigenvalue weighted by Gasteiger charge is 2.39. The van der Waals surface area contributed by atoms with E-state index in [0.717, 1.165) is 5.69 Å². The molecule has 1 aromatic heterocycles.